The molecule has 4 aromatic rings. The van der Waals surface area contributed by atoms with Gasteiger partial charge in [-0.2, -0.15) is 4.31 Å². The molecule has 0 fully saturated rings. The lowest BCUT2D eigenvalue weighted by atomic mass is 10.0. The predicted molar refractivity (Wildman–Crippen MR) is 159 cm³/mol. The van der Waals surface area contributed by atoms with E-state index in [0.29, 0.717) is 15.6 Å². The first-order valence-electron chi connectivity index (χ1n) is 12.5. The minimum atomic E-state index is -4.01. The van der Waals surface area contributed by atoms with Crippen molar-refractivity contribution in [1.29, 1.82) is 0 Å². The molecule has 7 nitrogen and oxygen atoms in total. The molecule has 1 N–H and O–H groups in total. The first-order chi connectivity index (χ1) is 19.1. The first-order valence-corrected chi connectivity index (χ1v) is 14.7. The summed E-state index contributed by atoms with van der Waals surface area (Å²) >= 11 is 12.5. The number of hydrogen-bond donors (Lipinski definition) is 1. The molecule has 0 saturated carbocycles. The van der Waals surface area contributed by atoms with Gasteiger partial charge in [0.1, 0.15) is 6.04 Å². The molecule has 0 unspecified atom stereocenters. The van der Waals surface area contributed by atoms with Crippen LogP contribution in [0.15, 0.2) is 95.9 Å². The number of benzene rings is 4. The first kappa shape index (κ1) is 29.6. The van der Waals surface area contributed by atoms with Crippen molar-refractivity contribution in [2.75, 3.05) is 20.6 Å². The van der Waals surface area contributed by atoms with Crippen LogP contribution in [-0.2, 0) is 32.6 Å². The van der Waals surface area contributed by atoms with Crippen molar-refractivity contribution in [3.63, 3.8) is 0 Å². The minimum Gasteiger partial charge on any atom is -0.357 e. The van der Waals surface area contributed by atoms with Crippen LogP contribution in [0.3, 0.4) is 0 Å². The monoisotopic (exact) mass is 597 g/mol. The van der Waals surface area contributed by atoms with E-state index >= 15 is 0 Å². The van der Waals surface area contributed by atoms with Crippen molar-refractivity contribution < 1.29 is 18.0 Å². The number of amides is 2. The highest BCUT2D eigenvalue weighted by molar-refractivity contribution is 7.89. The number of sulfonamides is 1. The van der Waals surface area contributed by atoms with Crippen molar-refractivity contribution in [3.8, 4) is 0 Å². The molecular formula is C30H29Cl2N3O4S. The molecule has 0 spiro atoms. The van der Waals surface area contributed by atoms with Gasteiger partial charge in [0.15, 0.2) is 0 Å². The SMILES string of the molecule is CNC(=O)[C@H](Cc1ccccc1)N(Cc1ccc(Cl)cc1Cl)C(=O)CN(C)S(=O)(=O)c1ccc2ccccc2c1. The van der Waals surface area contributed by atoms with Crippen LogP contribution in [0.2, 0.25) is 10.0 Å². The molecule has 2 amide bonds. The Bertz CT molecular complexity index is 1630. The zero-order valence-electron chi connectivity index (χ0n) is 22.1. The van der Waals surface area contributed by atoms with Crippen LogP contribution in [0.1, 0.15) is 11.1 Å². The fourth-order valence-electron chi connectivity index (χ4n) is 4.43. The Morgan fingerprint density at radius 1 is 0.875 bits per heavy atom. The largest absolute Gasteiger partial charge is 0.357 e. The quantitative estimate of drug-likeness (QED) is 0.274. The van der Waals surface area contributed by atoms with Crippen molar-refractivity contribution in [2.45, 2.75) is 23.9 Å². The average molecular weight is 599 g/mol. The van der Waals surface area contributed by atoms with E-state index in [1.54, 1.807) is 30.3 Å². The van der Waals surface area contributed by atoms with E-state index in [2.05, 4.69) is 5.32 Å². The highest BCUT2D eigenvalue weighted by Gasteiger charge is 2.33. The van der Waals surface area contributed by atoms with E-state index in [1.807, 2.05) is 54.6 Å². The van der Waals surface area contributed by atoms with Gasteiger partial charge in [-0.15, -0.1) is 0 Å². The number of carbonyl (C=O) groups excluding carboxylic acids is 2. The van der Waals surface area contributed by atoms with Crippen LogP contribution < -0.4 is 5.32 Å². The number of hydrogen-bond acceptors (Lipinski definition) is 4. The van der Waals surface area contributed by atoms with Crippen LogP contribution in [0.4, 0.5) is 0 Å². The molecule has 1 atom stereocenters. The predicted octanol–water partition coefficient (Wildman–Crippen LogP) is 5.15. The second kappa shape index (κ2) is 12.8. The van der Waals surface area contributed by atoms with E-state index in [-0.39, 0.29) is 23.8 Å². The van der Waals surface area contributed by atoms with Crippen molar-refractivity contribution >= 4 is 55.8 Å². The highest BCUT2D eigenvalue weighted by Crippen LogP contribution is 2.25. The summed E-state index contributed by atoms with van der Waals surface area (Å²) in [6, 6.07) is 25.5. The van der Waals surface area contributed by atoms with Gasteiger partial charge in [-0.3, -0.25) is 9.59 Å². The second-order valence-electron chi connectivity index (χ2n) is 9.35. The summed E-state index contributed by atoms with van der Waals surface area (Å²) in [5.74, 6) is -0.940. The van der Waals surface area contributed by atoms with Gasteiger partial charge in [0.25, 0.3) is 0 Å². The van der Waals surface area contributed by atoms with E-state index in [0.717, 1.165) is 20.6 Å². The third-order valence-corrected chi connectivity index (χ3v) is 9.05. The van der Waals surface area contributed by atoms with Crippen LogP contribution in [0.25, 0.3) is 10.8 Å². The third kappa shape index (κ3) is 6.82. The van der Waals surface area contributed by atoms with Gasteiger partial charge in [0, 0.05) is 37.1 Å². The topological polar surface area (TPSA) is 86.8 Å². The van der Waals surface area contributed by atoms with Crippen LogP contribution in [0.5, 0.6) is 0 Å². The molecule has 208 valence electrons. The zero-order valence-corrected chi connectivity index (χ0v) is 24.4. The van der Waals surface area contributed by atoms with Gasteiger partial charge in [-0.25, -0.2) is 8.42 Å². The Balaban J connectivity index is 1.67. The van der Waals surface area contributed by atoms with E-state index < -0.39 is 28.5 Å². The van der Waals surface area contributed by atoms with Gasteiger partial charge < -0.3 is 10.2 Å². The molecule has 0 radical (unpaired) electrons. The molecular weight excluding hydrogens is 569 g/mol. The van der Waals surface area contributed by atoms with E-state index in [4.69, 9.17) is 23.2 Å². The van der Waals surface area contributed by atoms with Gasteiger partial charge in [0.2, 0.25) is 21.8 Å². The summed E-state index contributed by atoms with van der Waals surface area (Å²) < 4.78 is 27.9. The summed E-state index contributed by atoms with van der Waals surface area (Å²) in [6.07, 6.45) is 0.221. The summed E-state index contributed by atoms with van der Waals surface area (Å²) in [6.45, 7) is -0.508. The van der Waals surface area contributed by atoms with E-state index in [9.17, 15) is 18.0 Å². The minimum absolute atomic E-state index is 0.0242. The second-order valence-corrected chi connectivity index (χ2v) is 12.2. The maximum atomic E-state index is 13.8. The fourth-order valence-corrected chi connectivity index (χ4v) is 6.05. The molecule has 10 heteroatoms. The van der Waals surface area contributed by atoms with Gasteiger partial charge in [0.05, 0.1) is 11.4 Å². The molecule has 0 aromatic heterocycles. The average Bonchev–Trinajstić information content (AvgIpc) is 2.95. The highest BCUT2D eigenvalue weighted by atomic mass is 35.5. The zero-order chi connectivity index (χ0) is 28.9. The Morgan fingerprint density at radius 2 is 1.55 bits per heavy atom. The smallest absolute Gasteiger partial charge is 0.243 e. The molecule has 4 rings (SSSR count). The Morgan fingerprint density at radius 3 is 2.23 bits per heavy atom. The summed E-state index contributed by atoms with van der Waals surface area (Å²) in [7, 11) is -1.17. The van der Waals surface area contributed by atoms with Crippen LogP contribution in [-0.4, -0.2) is 56.1 Å². The molecule has 4 aromatic carbocycles. The van der Waals surface area contributed by atoms with Gasteiger partial charge in [-0.05, 0) is 46.2 Å². The fraction of sp³-hybridized carbons (Fsp3) is 0.200. The standard InChI is InChI=1S/C30H29Cl2N3O4S/c1-33-30(37)28(16-21-8-4-3-5-9-21)35(19-24-12-14-25(31)18-27(24)32)29(36)20-34(2)40(38,39)26-15-13-22-10-6-7-11-23(22)17-26/h3-15,17-18,28H,16,19-20H2,1-2H3,(H,33,37)/t28-/m0/s1. The van der Waals surface area contributed by atoms with Gasteiger partial charge in [-0.1, -0.05) is 89.9 Å². The number of nitrogens with zero attached hydrogens (tertiary/aromatic N) is 2. The molecule has 0 bridgehead atoms. The number of halogens is 2. The lowest BCUT2D eigenvalue weighted by Gasteiger charge is -2.32. The number of nitrogens with one attached hydrogen (secondary N) is 1. The molecule has 0 saturated heterocycles. The molecule has 0 heterocycles. The number of likely N-dealkylation sites (N-methyl/N-ethyl adjacent to an activating group) is 2. The normalized spacial score (nSPS) is 12.3. The van der Waals surface area contributed by atoms with E-state index in [1.165, 1.54) is 25.1 Å². The number of rotatable bonds is 10. The Kier molecular flexibility index (Phi) is 9.48. The maximum Gasteiger partial charge on any atom is 0.243 e. The lowest BCUT2D eigenvalue weighted by molar-refractivity contribution is -0.141. The van der Waals surface area contributed by atoms with Crippen molar-refractivity contribution in [1.82, 2.24) is 14.5 Å². The molecule has 40 heavy (non-hydrogen) atoms. The Hall–Kier alpha value is -3.43. The maximum absolute atomic E-state index is 13.8. The van der Waals surface area contributed by atoms with Gasteiger partial charge >= 0.3 is 0 Å². The molecule has 0 aliphatic carbocycles. The van der Waals surface area contributed by atoms with Crippen LogP contribution >= 0.6 is 23.2 Å². The van der Waals surface area contributed by atoms with Crippen molar-refractivity contribution in [2.24, 2.45) is 0 Å². The molecule has 0 aliphatic heterocycles. The number of carbonyl (C=O) groups is 2. The lowest BCUT2D eigenvalue weighted by Crippen LogP contribution is -2.52. The number of fused-ring (bicyclic) bond motifs is 1. The summed E-state index contributed by atoms with van der Waals surface area (Å²) in [5, 5.41) is 5.07. The molecule has 0 aliphatic rings. The Labute approximate surface area is 244 Å². The summed E-state index contributed by atoms with van der Waals surface area (Å²) in [5.41, 5.74) is 1.41. The van der Waals surface area contributed by atoms with Crippen LogP contribution in [0, 0.1) is 0 Å². The van der Waals surface area contributed by atoms with Crippen molar-refractivity contribution in [3.05, 3.63) is 112 Å². The third-order valence-electron chi connectivity index (χ3n) is 6.66. The summed E-state index contributed by atoms with van der Waals surface area (Å²) in [4.78, 5) is 28.4.